The Morgan fingerprint density at radius 2 is 1.31 bits per heavy atom. The molecule has 2 fully saturated rings. The molecule has 2 N–H and O–H groups in total. The number of hydrogen-bond acceptors (Lipinski definition) is 8. The fourth-order valence-corrected chi connectivity index (χ4v) is 6.11. The number of hydrogen-bond donors (Lipinski definition) is 1. The normalized spacial score (nSPS) is 16.2. The fraction of sp³-hybridized carbons (Fsp3) is 0.438. The van der Waals surface area contributed by atoms with E-state index in [4.69, 9.17) is 18.9 Å². The van der Waals surface area contributed by atoms with Gasteiger partial charge in [0, 0.05) is 36.8 Å². The molecule has 10 heteroatoms. The summed E-state index contributed by atoms with van der Waals surface area (Å²) in [6, 6.07) is 11.2. The van der Waals surface area contributed by atoms with Crippen LogP contribution in [0.15, 0.2) is 51.3 Å². The summed E-state index contributed by atoms with van der Waals surface area (Å²) in [6.07, 6.45) is 12.0. The van der Waals surface area contributed by atoms with Gasteiger partial charge >= 0.3 is 0 Å². The average Bonchev–Trinajstić information content (AvgIpc) is 3.60. The van der Waals surface area contributed by atoms with E-state index < -0.39 is 5.82 Å². The zero-order valence-electron chi connectivity index (χ0n) is 24.0. The monoisotopic (exact) mass is 597 g/mol. The van der Waals surface area contributed by atoms with Gasteiger partial charge in [0.2, 0.25) is 5.75 Å². The molecular weight excluding hydrogens is 560 g/mol. The van der Waals surface area contributed by atoms with Gasteiger partial charge < -0.3 is 13.7 Å². The van der Waals surface area contributed by atoms with E-state index in [1.807, 2.05) is 19.9 Å². The second-order valence-corrected chi connectivity index (χ2v) is 11.3. The van der Waals surface area contributed by atoms with Crippen molar-refractivity contribution in [3.63, 3.8) is 0 Å². The molecule has 0 saturated heterocycles. The molecular formula is C32H37F2N3O4S. The Bertz CT molecular complexity index is 1460. The van der Waals surface area contributed by atoms with Crippen LogP contribution >= 0.6 is 12.2 Å². The van der Waals surface area contributed by atoms with Crippen molar-refractivity contribution in [2.24, 2.45) is 5.14 Å². The smallest absolute Gasteiger partial charge is 0.202 e. The van der Waals surface area contributed by atoms with Crippen LogP contribution in [0, 0.1) is 25.5 Å². The lowest BCUT2D eigenvalue weighted by Gasteiger charge is -2.20. The van der Waals surface area contributed by atoms with Crippen LogP contribution in [0.2, 0.25) is 0 Å². The molecule has 0 amide bonds. The topological polar surface area (TPSA) is 96.5 Å². The number of aryl methyl sites for hydroxylation is 2. The fourth-order valence-electron chi connectivity index (χ4n) is 6.00. The number of rotatable bonds is 7. The minimum atomic E-state index is -0.541. The van der Waals surface area contributed by atoms with Crippen molar-refractivity contribution in [3.05, 3.63) is 77.3 Å². The second kappa shape index (κ2) is 14.3. The number of benzene rings is 2. The third-order valence-electron chi connectivity index (χ3n) is 7.95. The van der Waals surface area contributed by atoms with E-state index in [1.54, 1.807) is 12.1 Å². The lowest BCUT2D eigenvalue weighted by molar-refractivity contribution is -0.0810. The minimum absolute atomic E-state index is 0.0258. The maximum absolute atomic E-state index is 14.1. The Morgan fingerprint density at radius 3 is 1.81 bits per heavy atom. The lowest BCUT2D eigenvalue weighted by Crippen LogP contribution is -2.06. The van der Waals surface area contributed by atoms with Crippen LogP contribution in [-0.4, -0.2) is 9.97 Å². The number of nitrogens with zero attached hydrogens (tertiary/aromatic N) is 2. The van der Waals surface area contributed by atoms with Crippen LogP contribution in [0.1, 0.15) is 99.2 Å². The summed E-state index contributed by atoms with van der Waals surface area (Å²) < 4.78 is 43.5. The van der Waals surface area contributed by atoms with Gasteiger partial charge in [0.15, 0.2) is 29.1 Å². The molecule has 2 aliphatic rings. The summed E-state index contributed by atoms with van der Waals surface area (Å²) in [5.74, 6) is 2.71. The summed E-state index contributed by atoms with van der Waals surface area (Å²) >= 11 is 0.513. The first-order valence-corrected chi connectivity index (χ1v) is 15.4. The third kappa shape index (κ3) is 7.40. The molecule has 0 atom stereocenters. The van der Waals surface area contributed by atoms with Crippen molar-refractivity contribution in [2.45, 2.75) is 89.9 Å². The van der Waals surface area contributed by atoms with E-state index >= 15 is 0 Å². The Balaban J connectivity index is 0.000000171. The van der Waals surface area contributed by atoms with Gasteiger partial charge in [-0.15, -0.1) is 0 Å². The van der Waals surface area contributed by atoms with Gasteiger partial charge in [0.25, 0.3) is 0 Å². The van der Waals surface area contributed by atoms with E-state index in [2.05, 4.69) is 14.3 Å². The maximum atomic E-state index is 14.1. The predicted octanol–water partition coefficient (Wildman–Crippen LogP) is 9.51. The molecule has 2 aromatic heterocycles. The molecule has 42 heavy (non-hydrogen) atoms. The summed E-state index contributed by atoms with van der Waals surface area (Å²) in [4.78, 5) is 13.8. The van der Waals surface area contributed by atoms with E-state index in [0.717, 1.165) is 48.4 Å². The zero-order valence-corrected chi connectivity index (χ0v) is 24.9. The summed E-state index contributed by atoms with van der Waals surface area (Å²) in [6.45, 7) is 3.67. The number of oxazole rings is 2. The zero-order chi connectivity index (χ0) is 29.5. The van der Waals surface area contributed by atoms with Gasteiger partial charge in [-0.2, -0.15) is 0 Å². The molecule has 0 unspecified atom stereocenters. The van der Waals surface area contributed by atoms with Crippen LogP contribution in [0.3, 0.4) is 0 Å². The first-order chi connectivity index (χ1) is 20.4. The Morgan fingerprint density at radius 1 is 0.762 bits per heavy atom. The SMILES string of the molecule is Cc1nc(C2CCCCC2)c(-c2ccc(OOSN)c(F)c2)o1.Cc1nc(C2CCCCC2)c(-c2cccc(F)c2)o1. The molecule has 2 aliphatic carbocycles. The average molecular weight is 598 g/mol. The van der Waals surface area contributed by atoms with Crippen molar-refractivity contribution in [1.29, 1.82) is 0 Å². The van der Waals surface area contributed by atoms with Gasteiger partial charge in [-0.25, -0.2) is 18.7 Å². The van der Waals surface area contributed by atoms with Crippen molar-refractivity contribution >= 4 is 12.2 Å². The molecule has 7 nitrogen and oxygen atoms in total. The quantitative estimate of drug-likeness (QED) is 0.0974. The van der Waals surface area contributed by atoms with Crippen molar-refractivity contribution in [2.75, 3.05) is 0 Å². The van der Waals surface area contributed by atoms with Gasteiger partial charge in [0.05, 0.1) is 11.4 Å². The third-order valence-corrected chi connectivity index (χ3v) is 8.09. The van der Waals surface area contributed by atoms with E-state index in [1.165, 1.54) is 62.8 Å². The molecule has 0 radical (unpaired) electrons. The summed E-state index contributed by atoms with van der Waals surface area (Å²) in [5.41, 5.74) is 3.39. The van der Waals surface area contributed by atoms with E-state index in [-0.39, 0.29) is 11.6 Å². The van der Waals surface area contributed by atoms with Crippen LogP contribution in [-0.2, 0) is 4.33 Å². The largest absolute Gasteiger partial charge is 0.441 e. The van der Waals surface area contributed by atoms with Gasteiger partial charge in [-0.05, 0) is 56.0 Å². The molecule has 2 heterocycles. The molecule has 0 aliphatic heterocycles. The maximum Gasteiger partial charge on any atom is 0.202 e. The van der Waals surface area contributed by atoms with Crippen LogP contribution in [0.25, 0.3) is 22.6 Å². The number of nitrogens with two attached hydrogens (primary N) is 1. The van der Waals surface area contributed by atoms with E-state index in [9.17, 15) is 8.78 Å². The molecule has 2 saturated carbocycles. The molecule has 0 spiro atoms. The lowest BCUT2D eigenvalue weighted by atomic mass is 9.85. The van der Waals surface area contributed by atoms with Crippen LogP contribution in [0.5, 0.6) is 5.75 Å². The van der Waals surface area contributed by atoms with Crippen LogP contribution in [0.4, 0.5) is 8.78 Å². The summed E-state index contributed by atoms with van der Waals surface area (Å²) in [7, 11) is 0. The van der Waals surface area contributed by atoms with Gasteiger partial charge in [-0.3, -0.25) is 5.14 Å². The molecule has 2 aromatic carbocycles. The highest BCUT2D eigenvalue weighted by Gasteiger charge is 2.26. The highest BCUT2D eigenvalue weighted by molar-refractivity contribution is 7.92. The van der Waals surface area contributed by atoms with Gasteiger partial charge in [0.1, 0.15) is 18.0 Å². The van der Waals surface area contributed by atoms with Crippen molar-refractivity contribution in [3.8, 4) is 28.4 Å². The molecule has 0 bridgehead atoms. The highest BCUT2D eigenvalue weighted by atomic mass is 32.2. The van der Waals surface area contributed by atoms with Gasteiger partial charge in [-0.1, -0.05) is 55.0 Å². The highest BCUT2D eigenvalue weighted by Crippen LogP contribution is 2.40. The predicted molar refractivity (Wildman–Crippen MR) is 158 cm³/mol. The first-order valence-electron chi connectivity index (χ1n) is 14.6. The number of aromatic nitrogens is 2. The second-order valence-electron chi connectivity index (χ2n) is 11.0. The Labute approximate surface area is 249 Å². The Kier molecular flexibility index (Phi) is 10.3. The standard InChI is InChI=1S/C16H19FN2O3S.C16H18FNO/c1-10-19-15(11-5-3-2-4-6-11)16(20-10)12-7-8-14(13(17)9-12)21-22-23-18;1-11-18-15(12-6-3-2-4-7-12)16(19-11)13-8-5-9-14(17)10-13/h7-9,11H,2-6,18H2,1H3;5,8-10,12H,2-4,6-7H2,1H3. The van der Waals surface area contributed by atoms with E-state index in [0.29, 0.717) is 47.2 Å². The first kappa shape index (κ1) is 30.3. The summed E-state index contributed by atoms with van der Waals surface area (Å²) in [5, 5.41) is 5.08. The number of halogens is 2. The molecule has 4 aromatic rings. The van der Waals surface area contributed by atoms with Crippen molar-refractivity contribution in [1.82, 2.24) is 9.97 Å². The minimum Gasteiger partial charge on any atom is -0.441 e. The molecule has 6 rings (SSSR count). The van der Waals surface area contributed by atoms with Crippen molar-refractivity contribution < 1.29 is 26.8 Å². The Hall–Kier alpha value is -3.21. The molecule has 224 valence electrons. The van der Waals surface area contributed by atoms with Crippen LogP contribution < -0.4 is 10.0 Å².